The third-order valence-electron chi connectivity index (χ3n) is 4.77. The number of likely N-dealkylation sites (tertiary alicyclic amines) is 1. The summed E-state index contributed by atoms with van der Waals surface area (Å²) in [6.07, 6.45) is 1.40. The second kappa shape index (κ2) is 4.76. The predicted octanol–water partition coefficient (Wildman–Crippen LogP) is 1.68. The van der Waals surface area contributed by atoms with Gasteiger partial charge in [0, 0.05) is 39.9 Å². The second-order valence-electron chi connectivity index (χ2n) is 6.13. The highest BCUT2D eigenvalue weighted by Crippen LogP contribution is 2.47. The molecule has 2 heterocycles. The van der Waals surface area contributed by atoms with E-state index in [1.807, 2.05) is 30.1 Å². The molecular weight excluding hydrogens is 266 g/mol. The fraction of sp³-hybridized carbons (Fsp3) is 0.500. The molecular formula is C16H21N3O2. The first-order valence-electron chi connectivity index (χ1n) is 7.31. The van der Waals surface area contributed by atoms with Crippen molar-refractivity contribution < 1.29 is 9.59 Å². The molecule has 0 bridgehead atoms. The molecule has 1 saturated heterocycles. The van der Waals surface area contributed by atoms with Crippen LogP contribution in [0.1, 0.15) is 18.4 Å². The normalized spacial score (nSPS) is 19.9. The topological polar surface area (TPSA) is 43.9 Å². The van der Waals surface area contributed by atoms with E-state index in [2.05, 4.69) is 6.07 Å². The number of hydrogen-bond acceptors (Lipinski definition) is 2. The third kappa shape index (κ3) is 1.91. The average molecular weight is 287 g/mol. The van der Waals surface area contributed by atoms with Crippen LogP contribution in [0.15, 0.2) is 24.3 Å². The van der Waals surface area contributed by atoms with Crippen molar-refractivity contribution in [2.75, 3.05) is 39.1 Å². The van der Waals surface area contributed by atoms with Crippen LogP contribution in [0, 0.1) is 0 Å². The van der Waals surface area contributed by atoms with Crippen LogP contribution in [0.2, 0.25) is 0 Å². The first-order chi connectivity index (χ1) is 9.97. The van der Waals surface area contributed by atoms with Crippen LogP contribution in [-0.2, 0) is 10.2 Å². The number of piperidine rings is 1. The number of urea groups is 1. The van der Waals surface area contributed by atoms with Gasteiger partial charge in [0.1, 0.15) is 0 Å². The summed E-state index contributed by atoms with van der Waals surface area (Å²) in [5.74, 6) is 0.167. The summed E-state index contributed by atoms with van der Waals surface area (Å²) in [7, 11) is 5.36. The van der Waals surface area contributed by atoms with Crippen molar-refractivity contribution in [3.8, 4) is 0 Å². The number of amides is 3. The molecule has 0 saturated carbocycles. The molecule has 1 aromatic rings. The maximum atomic E-state index is 12.8. The Balaban J connectivity index is 1.88. The van der Waals surface area contributed by atoms with E-state index in [0.717, 1.165) is 11.3 Å². The number of hydrogen-bond donors (Lipinski definition) is 0. The molecule has 2 aliphatic heterocycles. The smallest absolute Gasteiger partial charge is 0.319 e. The lowest BCUT2D eigenvalue weighted by molar-refractivity contribution is -0.124. The molecule has 0 aromatic heterocycles. The highest BCUT2D eigenvalue weighted by Gasteiger charge is 2.51. The zero-order valence-electron chi connectivity index (χ0n) is 12.8. The lowest BCUT2D eigenvalue weighted by Gasteiger charge is -2.39. The van der Waals surface area contributed by atoms with Crippen molar-refractivity contribution in [2.24, 2.45) is 0 Å². The van der Waals surface area contributed by atoms with E-state index in [1.165, 1.54) is 0 Å². The SMILES string of the molecule is CN(C)C(=O)N1CCC2(CC1)C(=O)N(C)c1ccccc12. The van der Waals surface area contributed by atoms with Gasteiger partial charge in [0.15, 0.2) is 0 Å². The van der Waals surface area contributed by atoms with E-state index >= 15 is 0 Å². The lowest BCUT2D eigenvalue weighted by atomic mass is 9.73. The van der Waals surface area contributed by atoms with Crippen LogP contribution in [0.25, 0.3) is 0 Å². The molecule has 0 aliphatic carbocycles. The van der Waals surface area contributed by atoms with Gasteiger partial charge in [-0.05, 0) is 24.5 Å². The monoisotopic (exact) mass is 287 g/mol. The Labute approximate surface area is 125 Å². The van der Waals surface area contributed by atoms with Crippen molar-refractivity contribution >= 4 is 17.6 Å². The van der Waals surface area contributed by atoms with Crippen LogP contribution in [0.5, 0.6) is 0 Å². The largest absolute Gasteiger partial charge is 0.331 e. The van der Waals surface area contributed by atoms with E-state index in [0.29, 0.717) is 25.9 Å². The number of carbonyl (C=O) groups excluding carboxylic acids is 2. The molecule has 0 unspecified atom stereocenters. The molecule has 21 heavy (non-hydrogen) atoms. The van der Waals surface area contributed by atoms with E-state index < -0.39 is 5.41 Å². The molecule has 5 heteroatoms. The first-order valence-corrected chi connectivity index (χ1v) is 7.31. The number of anilines is 1. The molecule has 0 atom stereocenters. The minimum atomic E-state index is -0.436. The number of likely N-dealkylation sites (N-methyl/N-ethyl adjacent to an activating group) is 1. The predicted molar refractivity (Wildman–Crippen MR) is 81.4 cm³/mol. The van der Waals surface area contributed by atoms with Gasteiger partial charge in [-0.2, -0.15) is 0 Å². The molecule has 112 valence electrons. The summed E-state index contributed by atoms with van der Waals surface area (Å²) in [6.45, 7) is 1.26. The van der Waals surface area contributed by atoms with Crippen molar-refractivity contribution in [1.82, 2.24) is 9.80 Å². The lowest BCUT2D eigenvalue weighted by Crippen LogP contribution is -2.51. The van der Waals surface area contributed by atoms with Gasteiger partial charge < -0.3 is 14.7 Å². The van der Waals surface area contributed by atoms with E-state index in [9.17, 15) is 9.59 Å². The Morgan fingerprint density at radius 1 is 1.19 bits per heavy atom. The van der Waals surface area contributed by atoms with Gasteiger partial charge in [-0.25, -0.2) is 4.79 Å². The number of para-hydroxylation sites is 1. The molecule has 2 aliphatic rings. The summed E-state index contributed by atoms with van der Waals surface area (Å²) in [4.78, 5) is 30.0. The van der Waals surface area contributed by atoms with Gasteiger partial charge in [0.25, 0.3) is 0 Å². The molecule has 1 spiro atoms. The Bertz CT molecular complexity index is 589. The number of nitrogens with zero attached hydrogens (tertiary/aromatic N) is 3. The summed E-state index contributed by atoms with van der Waals surface area (Å²) in [5.41, 5.74) is 1.69. The number of benzene rings is 1. The van der Waals surface area contributed by atoms with E-state index in [1.54, 1.807) is 23.9 Å². The Hall–Kier alpha value is -2.04. The average Bonchev–Trinajstić information content (AvgIpc) is 2.71. The summed E-state index contributed by atoms with van der Waals surface area (Å²) >= 11 is 0. The molecule has 0 radical (unpaired) electrons. The molecule has 1 aromatic carbocycles. The van der Waals surface area contributed by atoms with Gasteiger partial charge in [0.05, 0.1) is 5.41 Å². The Morgan fingerprint density at radius 3 is 2.43 bits per heavy atom. The van der Waals surface area contributed by atoms with Crippen LogP contribution in [0.3, 0.4) is 0 Å². The van der Waals surface area contributed by atoms with Crippen LogP contribution in [0.4, 0.5) is 10.5 Å². The van der Waals surface area contributed by atoms with Gasteiger partial charge in [-0.1, -0.05) is 18.2 Å². The first kappa shape index (κ1) is 13.9. The maximum Gasteiger partial charge on any atom is 0.319 e. The highest BCUT2D eigenvalue weighted by atomic mass is 16.2. The van der Waals surface area contributed by atoms with Crippen LogP contribution >= 0.6 is 0 Å². The van der Waals surface area contributed by atoms with Gasteiger partial charge in [0.2, 0.25) is 5.91 Å². The van der Waals surface area contributed by atoms with Gasteiger partial charge in [-0.15, -0.1) is 0 Å². The minimum absolute atomic E-state index is 0.0249. The zero-order valence-corrected chi connectivity index (χ0v) is 12.8. The standard InChI is InChI=1S/C16H21N3O2/c1-17(2)15(21)19-10-8-16(9-11-19)12-6-4-5-7-13(12)18(3)14(16)20/h4-7H,8-11H2,1-3H3. The summed E-state index contributed by atoms with van der Waals surface area (Å²) in [5, 5.41) is 0. The number of rotatable bonds is 0. The highest BCUT2D eigenvalue weighted by molar-refractivity contribution is 6.07. The third-order valence-corrected chi connectivity index (χ3v) is 4.77. The number of carbonyl (C=O) groups is 2. The van der Waals surface area contributed by atoms with Crippen molar-refractivity contribution in [3.63, 3.8) is 0 Å². The van der Waals surface area contributed by atoms with Crippen molar-refractivity contribution in [1.29, 1.82) is 0 Å². The second-order valence-corrected chi connectivity index (χ2v) is 6.13. The minimum Gasteiger partial charge on any atom is -0.331 e. The van der Waals surface area contributed by atoms with E-state index in [-0.39, 0.29) is 11.9 Å². The van der Waals surface area contributed by atoms with Gasteiger partial charge in [-0.3, -0.25) is 4.79 Å². The zero-order chi connectivity index (χ0) is 15.2. The fourth-order valence-corrected chi connectivity index (χ4v) is 3.56. The maximum absolute atomic E-state index is 12.8. The van der Waals surface area contributed by atoms with Gasteiger partial charge >= 0.3 is 6.03 Å². The van der Waals surface area contributed by atoms with Crippen molar-refractivity contribution in [3.05, 3.63) is 29.8 Å². The molecule has 3 rings (SSSR count). The van der Waals surface area contributed by atoms with E-state index in [4.69, 9.17) is 0 Å². The molecule has 0 N–H and O–H groups in total. The molecule has 3 amide bonds. The number of fused-ring (bicyclic) bond motifs is 2. The van der Waals surface area contributed by atoms with Crippen LogP contribution < -0.4 is 4.90 Å². The Morgan fingerprint density at radius 2 is 1.81 bits per heavy atom. The van der Waals surface area contributed by atoms with Crippen LogP contribution in [-0.4, -0.2) is 56.0 Å². The summed E-state index contributed by atoms with van der Waals surface area (Å²) < 4.78 is 0. The molecule has 1 fully saturated rings. The Kier molecular flexibility index (Phi) is 3.15. The van der Waals surface area contributed by atoms with Crippen molar-refractivity contribution in [2.45, 2.75) is 18.3 Å². The fourth-order valence-electron chi connectivity index (χ4n) is 3.56. The molecule has 5 nitrogen and oxygen atoms in total. The summed E-state index contributed by atoms with van der Waals surface area (Å²) in [6, 6.07) is 8.04. The quantitative estimate of drug-likeness (QED) is 0.728.